The van der Waals surface area contributed by atoms with E-state index in [-0.39, 0.29) is 11.8 Å². The maximum Gasteiger partial charge on any atom is 0.254 e. The van der Waals surface area contributed by atoms with Gasteiger partial charge in [0.15, 0.2) is 0 Å². The largest absolute Gasteiger partial charge is 0.378 e. The van der Waals surface area contributed by atoms with Crippen molar-refractivity contribution in [3.8, 4) is 0 Å². The molecule has 0 radical (unpaired) electrons. The van der Waals surface area contributed by atoms with Crippen LogP contribution < -0.4 is 5.32 Å². The second-order valence-corrected chi connectivity index (χ2v) is 8.01. The van der Waals surface area contributed by atoms with E-state index in [0.717, 1.165) is 24.0 Å². The molecule has 5 nitrogen and oxygen atoms in total. The van der Waals surface area contributed by atoms with Crippen LogP contribution in [0.1, 0.15) is 49.6 Å². The summed E-state index contributed by atoms with van der Waals surface area (Å²) in [7, 11) is 0. The Labute approximate surface area is 163 Å². The summed E-state index contributed by atoms with van der Waals surface area (Å²) >= 11 is 1.71. The second kappa shape index (κ2) is 8.23. The molecule has 1 aromatic carbocycles. The van der Waals surface area contributed by atoms with Crippen molar-refractivity contribution in [2.75, 3.05) is 26.3 Å². The molecule has 0 saturated carbocycles. The zero-order chi connectivity index (χ0) is 18.6. The van der Waals surface area contributed by atoms with Gasteiger partial charge in [-0.1, -0.05) is 12.1 Å². The number of amides is 2. The first-order chi connectivity index (χ1) is 13.2. The van der Waals surface area contributed by atoms with Crippen molar-refractivity contribution in [1.29, 1.82) is 0 Å². The van der Waals surface area contributed by atoms with E-state index in [1.807, 2.05) is 34.5 Å². The summed E-state index contributed by atoms with van der Waals surface area (Å²) in [5.74, 6) is 0.0432. The zero-order valence-corrected chi connectivity index (χ0v) is 16.1. The predicted molar refractivity (Wildman–Crippen MR) is 105 cm³/mol. The fourth-order valence-corrected chi connectivity index (χ4v) is 4.80. The normalized spacial score (nSPS) is 16.7. The molecule has 27 heavy (non-hydrogen) atoms. The SMILES string of the molecule is O=C(NCc1ccc(C(=O)N2CCOCC2)cc1)c1csc2c1CCCC2. The van der Waals surface area contributed by atoms with Gasteiger partial charge in [-0.25, -0.2) is 0 Å². The number of hydrogen-bond donors (Lipinski definition) is 1. The van der Waals surface area contributed by atoms with Crippen LogP contribution in [0, 0.1) is 0 Å². The van der Waals surface area contributed by atoms with Gasteiger partial charge in [0.05, 0.1) is 18.8 Å². The highest BCUT2D eigenvalue weighted by Crippen LogP contribution is 2.30. The van der Waals surface area contributed by atoms with Gasteiger partial charge in [0, 0.05) is 35.5 Å². The van der Waals surface area contributed by atoms with Crippen molar-refractivity contribution in [1.82, 2.24) is 10.2 Å². The Morgan fingerprint density at radius 2 is 1.81 bits per heavy atom. The number of aryl methyl sites for hydroxylation is 1. The van der Waals surface area contributed by atoms with Crippen molar-refractivity contribution in [3.05, 3.63) is 56.8 Å². The Morgan fingerprint density at radius 3 is 2.59 bits per heavy atom. The van der Waals surface area contributed by atoms with Crippen molar-refractivity contribution in [2.45, 2.75) is 32.2 Å². The third-order valence-electron chi connectivity index (χ3n) is 5.26. The average Bonchev–Trinajstić information content (AvgIpc) is 3.17. The molecule has 2 amide bonds. The molecule has 2 aromatic rings. The van der Waals surface area contributed by atoms with Crippen LogP contribution in [-0.2, 0) is 24.1 Å². The fourth-order valence-electron chi connectivity index (χ4n) is 3.68. The lowest BCUT2D eigenvalue weighted by Gasteiger charge is -2.26. The molecular formula is C21H24N2O3S. The topological polar surface area (TPSA) is 58.6 Å². The summed E-state index contributed by atoms with van der Waals surface area (Å²) in [5.41, 5.74) is 3.76. The summed E-state index contributed by atoms with van der Waals surface area (Å²) in [6, 6.07) is 7.51. The lowest BCUT2D eigenvalue weighted by molar-refractivity contribution is 0.0303. The molecule has 0 atom stereocenters. The molecule has 0 bridgehead atoms. The van der Waals surface area contributed by atoms with Crippen LogP contribution >= 0.6 is 11.3 Å². The summed E-state index contributed by atoms with van der Waals surface area (Å²) in [6.45, 7) is 2.95. The van der Waals surface area contributed by atoms with Gasteiger partial charge < -0.3 is 15.0 Å². The minimum atomic E-state index is 0.00266. The molecule has 0 spiro atoms. The van der Waals surface area contributed by atoms with Crippen LogP contribution in [0.15, 0.2) is 29.6 Å². The van der Waals surface area contributed by atoms with E-state index in [0.29, 0.717) is 38.4 Å². The van der Waals surface area contributed by atoms with Gasteiger partial charge in [-0.3, -0.25) is 9.59 Å². The molecule has 2 aliphatic rings. The fraction of sp³-hybridized carbons (Fsp3) is 0.429. The van der Waals surface area contributed by atoms with Crippen molar-refractivity contribution in [3.63, 3.8) is 0 Å². The monoisotopic (exact) mass is 384 g/mol. The molecule has 1 aliphatic carbocycles. The first-order valence-corrected chi connectivity index (χ1v) is 10.4. The number of thiophene rings is 1. The highest BCUT2D eigenvalue weighted by atomic mass is 32.1. The predicted octanol–water partition coefficient (Wildman–Crippen LogP) is 3.03. The van der Waals surface area contributed by atoms with Crippen molar-refractivity contribution < 1.29 is 14.3 Å². The Bertz CT molecular complexity index is 822. The van der Waals surface area contributed by atoms with Gasteiger partial charge in [0.25, 0.3) is 11.8 Å². The minimum absolute atomic E-state index is 0.00266. The number of nitrogens with one attached hydrogen (secondary N) is 1. The van der Waals surface area contributed by atoms with Crippen LogP contribution in [0.25, 0.3) is 0 Å². The van der Waals surface area contributed by atoms with Gasteiger partial charge in [0.2, 0.25) is 0 Å². The molecule has 1 aromatic heterocycles. The minimum Gasteiger partial charge on any atom is -0.378 e. The van der Waals surface area contributed by atoms with Gasteiger partial charge in [-0.2, -0.15) is 0 Å². The lowest BCUT2D eigenvalue weighted by atomic mass is 9.95. The van der Waals surface area contributed by atoms with E-state index in [2.05, 4.69) is 5.32 Å². The molecule has 0 unspecified atom stereocenters. The molecule has 1 N–H and O–H groups in total. The van der Waals surface area contributed by atoms with E-state index in [1.165, 1.54) is 23.3 Å². The third kappa shape index (κ3) is 4.06. The number of hydrogen-bond acceptors (Lipinski definition) is 4. The smallest absolute Gasteiger partial charge is 0.254 e. The number of rotatable bonds is 4. The van der Waals surface area contributed by atoms with Crippen LogP contribution in [0.2, 0.25) is 0 Å². The zero-order valence-electron chi connectivity index (χ0n) is 15.3. The van der Waals surface area contributed by atoms with Gasteiger partial charge in [0.1, 0.15) is 0 Å². The number of carbonyl (C=O) groups excluding carboxylic acids is 2. The van der Waals surface area contributed by atoms with E-state index in [4.69, 9.17) is 4.74 Å². The average molecular weight is 385 g/mol. The van der Waals surface area contributed by atoms with Crippen LogP contribution in [0.4, 0.5) is 0 Å². The van der Waals surface area contributed by atoms with E-state index in [1.54, 1.807) is 11.3 Å². The van der Waals surface area contributed by atoms with Crippen LogP contribution in [0.3, 0.4) is 0 Å². The Kier molecular flexibility index (Phi) is 5.55. The summed E-state index contributed by atoms with van der Waals surface area (Å²) in [6.07, 6.45) is 4.51. The first-order valence-electron chi connectivity index (χ1n) is 9.56. The number of morpholine rings is 1. The second-order valence-electron chi connectivity index (χ2n) is 7.04. The summed E-state index contributed by atoms with van der Waals surface area (Å²) < 4.78 is 5.29. The quantitative estimate of drug-likeness (QED) is 0.882. The van der Waals surface area contributed by atoms with Gasteiger partial charge in [-0.15, -0.1) is 11.3 Å². The van der Waals surface area contributed by atoms with E-state index >= 15 is 0 Å². The number of ether oxygens (including phenoxy) is 1. The molecule has 1 aliphatic heterocycles. The third-order valence-corrected chi connectivity index (χ3v) is 6.35. The highest BCUT2D eigenvalue weighted by molar-refractivity contribution is 7.10. The van der Waals surface area contributed by atoms with Gasteiger partial charge in [-0.05, 0) is 48.9 Å². The summed E-state index contributed by atoms with van der Waals surface area (Å²) in [4.78, 5) is 28.2. The Hall–Kier alpha value is -2.18. The molecule has 142 valence electrons. The lowest BCUT2D eigenvalue weighted by Crippen LogP contribution is -2.40. The first kappa shape index (κ1) is 18.2. The number of benzene rings is 1. The van der Waals surface area contributed by atoms with Crippen LogP contribution in [0.5, 0.6) is 0 Å². The van der Waals surface area contributed by atoms with E-state index in [9.17, 15) is 9.59 Å². The van der Waals surface area contributed by atoms with Crippen LogP contribution in [-0.4, -0.2) is 43.0 Å². The highest BCUT2D eigenvalue weighted by Gasteiger charge is 2.20. The molecule has 1 saturated heterocycles. The van der Waals surface area contributed by atoms with E-state index < -0.39 is 0 Å². The molecule has 2 heterocycles. The van der Waals surface area contributed by atoms with Crippen molar-refractivity contribution in [2.24, 2.45) is 0 Å². The molecule has 1 fully saturated rings. The molecular weight excluding hydrogens is 360 g/mol. The standard InChI is InChI=1S/C21H24N2O3S/c24-20(18-14-27-19-4-2-1-3-17(18)19)22-13-15-5-7-16(8-6-15)21(25)23-9-11-26-12-10-23/h5-8,14H,1-4,9-13H2,(H,22,24). The maximum absolute atomic E-state index is 12.6. The number of fused-ring (bicyclic) bond motifs is 1. The number of nitrogens with zero attached hydrogens (tertiary/aromatic N) is 1. The maximum atomic E-state index is 12.6. The number of carbonyl (C=O) groups is 2. The van der Waals surface area contributed by atoms with Gasteiger partial charge >= 0.3 is 0 Å². The van der Waals surface area contributed by atoms with Crippen molar-refractivity contribution >= 4 is 23.2 Å². The Balaban J connectivity index is 1.35. The molecule has 4 rings (SSSR count). The Morgan fingerprint density at radius 1 is 1.07 bits per heavy atom. The molecule has 6 heteroatoms. The summed E-state index contributed by atoms with van der Waals surface area (Å²) in [5, 5.41) is 5.01.